The third kappa shape index (κ3) is 2.83. The molecule has 3 aromatic rings. The zero-order valence-electron chi connectivity index (χ0n) is 11.1. The number of fused-ring (bicyclic) bond motifs is 1. The lowest BCUT2D eigenvalue weighted by molar-refractivity contribution is 1.25. The van der Waals surface area contributed by atoms with Crippen LogP contribution in [0.3, 0.4) is 0 Å². The fourth-order valence-corrected chi connectivity index (χ4v) is 3.42. The van der Waals surface area contributed by atoms with Gasteiger partial charge >= 0.3 is 0 Å². The lowest BCUT2D eigenvalue weighted by Crippen LogP contribution is -2.14. The smallest absolute Gasteiger partial charge is 0.189 e. The third-order valence-corrected chi connectivity index (χ3v) is 4.35. The van der Waals surface area contributed by atoms with E-state index < -0.39 is 0 Å². The Hall–Kier alpha value is -1.76. The van der Waals surface area contributed by atoms with Crippen molar-refractivity contribution in [3.63, 3.8) is 0 Å². The van der Waals surface area contributed by atoms with Gasteiger partial charge in [0, 0.05) is 11.2 Å². The first-order valence-corrected chi connectivity index (χ1v) is 7.73. The fraction of sp³-hybridized carbons (Fsp3) is 0.0714. The van der Waals surface area contributed by atoms with E-state index in [1.54, 1.807) is 6.20 Å². The highest BCUT2D eigenvalue weighted by Crippen LogP contribution is 2.30. The standard InChI is InChI=1S/C14H11ClN4S2/c1-7-4-5-17-13(11(7)12(16)20)19-14-18-9-3-2-8(15)6-10(9)21-14/h2-6H,1H3,(H2,16,20)(H,17,18,19). The number of nitrogens with two attached hydrogens (primary N) is 1. The average molecular weight is 335 g/mol. The number of halogens is 1. The van der Waals surface area contributed by atoms with Gasteiger partial charge in [0.25, 0.3) is 0 Å². The highest BCUT2D eigenvalue weighted by atomic mass is 35.5. The van der Waals surface area contributed by atoms with Gasteiger partial charge in [-0.2, -0.15) is 0 Å². The summed E-state index contributed by atoms with van der Waals surface area (Å²) in [5.74, 6) is 0.618. The summed E-state index contributed by atoms with van der Waals surface area (Å²) >= 11 is 12.6. The van der Waals surface area contributed by atoms with Crippen LogP contribution >= 0.6 is 35.2 Å². The number of benzene rings is 1. The van der Waals surface area contributed by atoms with Gasteiger partial charge in [-0.25, -0.2) is 9.97 Å². The third-order valence-electron chi connectivity index (χ3n) is 2.98. The first-order chi connectivity index (χ1) is 10.0. The van der Waals surface area contributed by atoms with Crippen molar-refractivity contribution in [1.29, 1.82) is 0 Å². The molecular weight excluding hydrogens is 324 g/mol. The predicted molar refractivity (Wildman–Crippen MR) is 92.8 cm³/mol. The molecule has 0 saturated heterocycles. The number of rotatable bonds is 3. The Labute approximate surface area is 136 Å². The van der Waals surface area contributed by atoms with E-state index in [0.717, 1.165) is 26.5 Å². The SMILES string of the molecule is Cc1ccnc(Nc2nc3ccc(Cl)cc3s2)c1C(N)=S. The number of hydrogen-bond acceptors (Lipinski definition) is 5. The average Bonchev–Trinajstić information content (AvgIpc) is 2.79. The largest absolute Gasteiger partial charge is 0.389 e. The Balaban J connectivity index is 2.02. The number of hydrogen-bond donors (Lipinski definition) is 2. The second kappa shape index (κ2) is 5.55. The molecule has 106 valence electrons. The van der Waals surface area contributed by atoms with Crippen LogP contribution in [0.1, 0.15) is 11.1 Å². The first-order valence-electron chi connectivity index (χ1n) is 6.13. The summed E-state index contributed by atoms with van der Waals surface area (Å²) in [6, 6.07) is 7.46. The Morgan fingerprint density at radius 3 is 2.95 bits per heavy atom. The van der Waals surface area contributed by atoms with Gasteiger partial charge in [-0.05, 0) is 36.8 Å². The molecule has 0 amide bonds. The Kier molecular flexibility index (Phi) is 3.75. The van der Waals surface area contributed by atoms with Crippen molar-refractivity contribution in [2.24, 2.45) is 5.73 Å². The van der Waals surface area contributed by atoms with Gasteiger partial charge in [0.15, 0.2) is 5.13 Å². The number of thiazole rings is 1. The zero-order chi connectivity index (χ0) is 15.0. The molecule has 0 fully saturated rings. The van der Waals surface area contributed by atoms with Crippen LogP contribution in [0.4, 0.5) is 10.9 Å². The minimum Gasteiger partial charge on any atom is -0.389 e. The van der Waals surface area contributed by atoms with Crippen molar-refractivity contribution in [1.82, 2.24) is 9.97 Å². The van der Waals surface area contributed by atoms with Crippen molar-refractivity contribution in [2.45, 2.75) is 6.92 Å². The van der Waals surface area contributed by atoms with Gasteiger partial charge in [-0.15, -0.1) is 0 Å². The molecule has 0 aliphatic heterocycles. The van der Waals surface area contributed by atoms with E-state index in [1.807, 2.05) is 31.2 Å². The number of pyridine rings is 1. The molecule has 2 heterocycles. The lowest BCUT2D eigenvalue weighted by atomic mass is 10.1. The molecule has 0 bridgehead atoms. The van der Waals surface area contributed by atoms with Crippen molar-refractivity contribution >= 4 is 61.3 Å². The number of nitrogens with one attached hydrogen (secondary N) is 1. The second-order valence-corrected chi connectivity index (χ2v) is 6.38. The quantitative estimate of drug-likeness (QED) is 0.708. The van der Waals surface area contributed by atoms with Crippen LogP contribution < -0.4 is 11.1 Å². The monoisotopic (exact) mass is 334 g/mol. The molecule has 3 N–H and O–H groups in total. The van der Waals surface area contributed by atoms with Gasteiger partial charge in [-0.3, -0.25) is 0 Å². The van der Waals surface area contributed by atoms with Crippen molar-refractivity contribution in [2.75, 3.05) is 5.32 Å². The Morgan fingerprint density at radius 2 is 2.19 bits per heavy atom. The molecule has 0 aliphatic carbocycles. The lowest BCUT2D eigenvalue weighted by Gasteiger charge is -2.10. The molecule has 0 aliphatic rings. The van der Waals surface area contributed by atoms with Crippen LogP contribution in [0.2, 0.25) is 5.02 Å². The molecule has 0 atom stereocenters. The zero-order valence-corrected chi connectivity index (χ0v) is 13.4. The highest BCUT2D eigenvalue weighted by molar-refractivity contribution is 7.80. The second-order valence-electron chi connectivity index (χ2n) is 4.47. The first kappa shape index (κ1) is 14.2. The molecule has 4 nitrogen and oxygen atoms in total. The van der Waals surface area contributed by atoms with E-state index in [9.17, 15) is 0 Å². The number of thiocarbonyl (C=S) groups is 1. The molecule has 1 aromatic carbocycles. The minimum absolute atomic E-state index is 0.312. The maximum atomic E-state index is 5.99. The molecule has 0 radical (unpaired) electrons. The van der Waals surface area contributed by atoms with Crippen LogP contribution in [0.15, 0.2) is 30.5 Å². The molecule has 0 saturated carbocycles. The van der Waals surface area contributed by atoms with E-state index in [0.29, 0.717) is 15.8 Å². The molecule has 2 aromatic heterocycles. The number of aromatic nitrogens is 2. The Morgan fingerprint density at radius 1 is 1.38 bits per heavy atom. The topological polar surface area (TPSA) is 63.8 Å². The van der Waals surface area contributed by atoms with Crippen molar-refractivity contribution < 1.29 is 0 Å². The van der Waals surface area contributed by atoms with Crippen LogP contribution in [-0.4, -0.2) is 15.0 Å². The van der Waals surface area contributed by atoms with E-state index in [4.69, 9.17) is 29.6 Å². The van der Waals surface area contributed by atoms with E-state index >= 15 is 0 Å². The van der Waals surface area contributed by atoms with Crippen LogP contribution in [0.5, 0.6) is 0 Å². The molecule has 21 heavy (non-hydrogen) atoms. The number of anilines is 2. The molecule has 7 heteroatoms. The number of nitrogens with zero attached hydrogens (tertiary/aromatic N) is 2. The maximum absolute atomic E-state index is 5.99. The van der Waals surface area contributed by atoms with Gasteiger partial charge in [0.1, 0.15) is 10.8 Å². The van der Waals surface area contributed by atoms with Gasteiger partial charge in [-0.1, -0.05) is 35.2 Å². The van der Waals surface area contributed by atoms with Crippen LogP contribution in [-0.2, 0) is 0 Å². The van der Waals surface area contributed by atoms with Crippen molar-refractivity contribution in [3.8, 4) is 0 Å². The summed E-state index contributed by atoms with van der Waals surface area (Å²) in [7, 11) is 0. The molecule has 3 rings (SSSR count). The minimum atomic E-state index is 0.312. The summed E-state index contributed by atoms with van der Waals surface area (Å²) in [5, 5.41) is 4.60. The van der Waals surface area contributed by atoms with Gasteiger partial charge < -0.3 is 11.1 Å². The summed E-state index contributed by atoms with van der Waals surface area (Å²) in [5.41, 5.74) is 8.38. The predicted octanol–water partition coefficient (Wildman–Crippen LogP) is 4.03. The van der Waals surface area contributed by atoms with Crippen LogP contribution in [0, 0.1) is 6.92 Å². The normalized spacial score (nSPS) is 10.8. The summed E-state index contributed by atoms with van der Waals surface area (Å²) < 4.78 is 1.01. The summed E-state index contributed by atoms with van der Waals surface area (Å²) in [6.45, 7) is 1.94. The maximum Gasteiger partial charge on any atom is 0.189 e. The van der Waals surface area contributed by atoms with Gasteiger partial charge in [0.05, 0.1) is 15.8 Å². The Bertz CT molecular complexity index is 844. The highest BCUT2D eigenvalue weighted by Gasteiger charge is 2.12. The summed E-state index contributed by atoms with van der Waals surface area (Å²) in [6.07, 6.45) is 1.71. The van der Waals surface area contributed by atoms with Crippen LogP contribution in [0.25, 0.3) is 10.2 Å². The number of aryl methyl sites for hydroxylation is 1. The van der Waals surface area contributed by atoms with Crippen molar-refractivity contribution in [3.05, 3.63) is 46.6 Å². The van der Waals surface area contributed by atoms with Gasteiger partial charge in [0.2, 0.25) is 0 Å². The summed E-state index contributed by atoms with van der Waals surface area (Å²) in [4.78, 5) is 9.12. The van der Waals surface area contributed by atoms with E-state index in [1.165, 1.54) is 11.3 Å². The molecule has 0 spiro atoms. The van der Waals surface area contributed by atoms with E-state index in [-0.39, 0.29) is 0 Å². The molecular formula is C14H11ClN4S2. The molecule has 0 unspecified atom stereocenters. The van der Waals surface area contributed by atoms with E-state index in [2.05, 4.69) is 15.3 Å². The fourth-order valence-electron chi connectivity index (χ4n) is 2.02.